The summed E-state index contributed by atoms with van der Waals surface area (Å²) >= 11 is 0. The molecule has 0 aromatic heterocycles. The second-order valence-electron chi connectivity index (χ2n) is 4.28. The van der Waals surface area contributed by atoms with Crippen LogP contribution in [0.15, 0.2) is 0 Å². The van der Waals surface area contributed by atoms with E-state index in [0.717, 1.165) is 0 Å². The molecular formula is C12H30LiN3. The van der Waals surface area contributed by atoms with Crippen LogP contribution in [0.25, 0.3) is 6.15 Å². The zero-order valence-corrected chi connectivity index (χ0v) is 11.6. The third-order valence-corrected chi connectivity index (χ3v) is 2.47. The van der Waals surface area contributed by atoms with E-state index in [-0.39, 0.29) is 25.0 Å². The number of unbranched alkanes of at least 4 members (excludes halogenated alkanes) is 4. The van der Waals surface area contributed by atoms with Crippen molar-refractivity contribution in [2.24, 2.45) is 5.73 Å². The molecule has 0 aliphatic rings. The first kappa shape index (κ1) is 21.7. The Morgan fingerprint density at radius 3 is 2.06 bits per heavy atom. The molecule has 0 fully saturated rings. The second kappa shape index (κ2) is 17.9. The van der Waals surface area contributed by atoms with Crippen molar-refractivity contribution < 1.29 is 18.9 Å². The molecule has 0 saturated carbocycles. The van der Waals surface area contributed by atoms with Crippen molar-refractivity contribution in [3.63, 3.8) is 0 Å². The summed E-state index contributed by atoms with van der Waals surface area (Å²) in [5.74, 6) is 0. The molecule has 0 aromatic carbocycles. The summed E-state index contributed by atoms with van der Waals surface area (Å²) in [5, 5.41) is 3.48. The van der Waals surface area contributed by atoms with Gasteiger partial charge >= 0.3 is 18.9 Å². The molecule has 94 valence electrons. The van der Waals surface area contributed by atoms with Gasteiger partial charge in [0.2, 0.25) is 0 Å². The van der Waals surface area contributed by atoms with E-state index in [0.29, 0.717) is 6.04 Å². The minimum atomic E-state index is 0. The van der Waals surface area contributed by atoms with Crippen molar-refractivity contribution in [3.8, 4) is 0 Å². The van der Waals surface area contributed by atoms with Crippen LogP contribution in [0.4, 0.5) is 0 Å². The molecule has 0 radical (unpaired) electrons. The van der Waals surface area contributed by atoms with Gasteiger partial charge in [0.25, 0.3) is 0 Å². The van der Waals surface area contributed by atoms with E-state index in [9.17, 15) is 0 Å². The van der Waals surface area contributed by atoms with E-state index >= 15 is 0 Å². The summed E-state index contributed by atoms with van der Waals surface area (Å²) in [6.45, 7) is 6.71. The first-order chi connectivity index (χ1) is 6.77. The van der Waals surface area contributed by atoms with Crippen LogP contribution < -0.4 is 29.9 Å². The zero-order valence-electron chi connectivity index (χ0n) is 11.6. The van der Waals surface area contributed by atoms with Gasteiger partial charge in [-0.3, -0.25) is 0 Å². The number of nitrogens with two attached hydrogens (primary N) is 2. The minimum absolute atomic E-state index is 0. The first-order valence-corrected chi connectivity index (χ1v) is 6.23. The molecule has 0 heterocycles. The largest absolute Gasteiger partial charge is 1.00 e. The quantitative estimate of drug-likeness (QED) is 0.415. The van der Waals surface area contributed by atoms with E-state index in [1.165, 1.54) is 58.0 Å². The maximum absolute atomic E-state index is 5.67. The number of hydrogen-bond donors (Lipinski definition) is 2. The van der Waals surface area contributed by atoms with Crippen LogP contribution in [0.2, 0.25) is 0 Å². The monoisotopic (exact) mass is 223 g/mol. The Morgan fingerprint density at radius 2 is 1.56 bits per heavy atom. The average Bonchev–Trinajstić information content (AvgIpc) is 2.15. The number of rotatable bonds is 10. The van der Waals surface area contributed by atoms with Crippen molar-refractivity contribution in [3.05, 3.63) is 6.15 Å². The molecule has 3 nitrogen and oxygen atoms in total. The summed E-state index contributed by atoms with van der Waals surface area (Å²) in [7, 11) is 0. The van der Waals surface area contributed by atoms with Crippen molar-refractivity contribution in [2.45, 2.75) is 64.8 Å². The maximum Gasteiger partial charge on any atom is 1.00 e. The van der Waals surface area contributed by atoms with Crippen molar-refractivity contribution in [1.29, 1.82) is 0 Å². The fourth-order valence-corrected chi connectivity index (χ4v) is 1.52. The zero-order chi connectivity index (χ0) is 10.6. The van der Waals surface area contributed by atoms with Gasteiger partial charge in [-0.15, -0.1) is 0 Å². The molecule has 0 amide bonds. The Hall–Kier alpha value is 0.477. The van der Waals surface area contributed by atoms with E-state index < -0.39 is 0 Å². The van der Waals surface area contributed by atoms with Crippen LogP contribution in [0, 0.1) is 0 Å². The summed E-state index contributed by atoms with van der Waals surface area (Å²) in [6, 6.07) is 0.382. The van der Waals surface area contributed by atoms with E-state index in [4.69, 9.17) is 5.73 Å². The SMILES string of the molecule is CCCCCNCCCCCC(C)N.[Li+].[NH2-]. The van der Waals surface area contributed by atoms with Gasteiger partial charge in [0, 0.05) is 6.04 Å². The minimum Gasteiger partial charge on any atom is -0.693 e. The maximum atomic E-state index is 5.67. The molecular weight excluding hydrogens is 193 g/mol. The molecule has 0 rings (SSSR count). The Labute approximate surface area is 114 Å². The Bertz CT molecular complexity index is 110. The van der Waals surface area contributed by atoms with Crippen molar-refractivity contribution in [1.82, 2.24) is 5.32 Å². The fraction of sp³-hybridized carbons (Fsp3) is 1.00. The van der Waals surface area contributed by atoms with Crippen molar-refractivity contribution >= 4 is 0 Å². The third kappa shape index (κ3) is 20.0. The van der Waals surface area contributed by atoms with Gasteiger partial charge in [0.15, 0.2) is 0 Å². The van der Waals surface area contributed by atoms with E-state index in [1.54, 1.807) is 0 Å². The molecule has 1 unspecified atom stereocenters. The Kier molecular flexibility index (Phi) is 24.3. The van der Waals surface area contributed by atoms with Crippen LogP contribution in [0.1, 0.15) is 58.8 Å². The van der Waals surface area contributed by atoms with Gasteiger partial charge in [0.1, 0.15) is 0 Å². The number of nitrogens with one attached hydrogen (secondary N) is 1. The molecule has 4 heteroatoms. The van der Waals surface area contributed by atoms with Gasteiger partial charge in [-0.2, -0.15) is 0 Å². The van der Waals surface area contributed by atoms with Crippen LogP contribution in [-0.4, -0.2) is 19.1 Å². The summed E-state index contributed by atoms with van der Waals surface area (Å²) in [5.41, 5.74) is 5.67. The summed E-state index contributed by atoms with van der Waals surface area (Å²) < 4.78 is 0. The fourth-order valence-electron chi connectivity index (χ4n) is 1.52. The molecule has 0 aromatic rings. The molecule has 0 bridgehead atoms. The molecule has 1 atom stereocenters. The van der Waals surface area contributed by atoms with Gasteiger partial charge in [0.05, 0.1) is 0 Å². The predicted octanol–water partition coefficient (Wildman–Crippen LogP) is 0.395. The summed E-state index contributed by atoms with van der Waals surface area (Å²) in [4.78, 5) is 0. The van der Waals surface area contributed by atoms with Gasteiger partial charge in [-0.1, -0.05) is 32.6 Å². The van der Waals surface area contributed by atoms with Crippen LogP contribution >= 0.6 is 0 Å². The van der Waals surface area contributed by atoms with Crippen LogP contribution in [0.3, 0.4) is 0 Å². The summed E-state index contributed by atoms with van der Waals surface area (Å²) in [6.07, 6.45) is 9.09. The van der Waals surface area contributed by atoms with Crippen LogP contribution in [-0.2, 0) is 0 Å². The Morgan fingerprint density at radius 1 is 1.00 bits per heavy atom. The van der Waals surface area contributed by atoms with Crippen LogP contribution in [0.5, 0.6) is 0 Å². The third-order valence-electron chi connectivity index (χ3n) is 2.47. The van der Waals surface area contributed by atoms with E-state index in [1.807, 2.05) is 0 Å². The van der Waals surface area contributed by atoms with Gasteiger partial charge < -0.3 is 17.2 Å². The molecule has 0 aliphatic heterocycles. The molecule has 0 aliphatic carbocycles. The standard InChI is InChI=1S/C12H28N2.Li.H2N/c1-3-4-7-10-14-11-8-5-6-9-12(2)13;;/h12,14H,3-11,13H2,1-2H3;;1H2/q;+1;-1. The smallest absolute Gasteiger partial charge is 0.693 e. The normalized spacial score (nSPS) is 11.4. The predicted molar refractivity (Wildman–Crippen MR) is 69.8 cm³/mol. The van der Waals surface area contributed by atoms with Gasteiger partial charge in [-0.25, -0.2) is 0 Å². The molecule has 16 heavy (non-hydrogen) atoms. The molecule has 0 spiro atoms. The average molecular weight is 223 g/mol. The second-order valence-corrected chi connectivity index (χ2v) is 4.28. The van der Waals surface area contributed by atoms with Crippen molar-refractivity contribution in [2.75, 3.05) is 13.1 Å². The molecule has 0 saturated heterocycles. The van der Waals surface area contributed by atoms with E-state index in [2.05, 4.69) is 19.2 Å². The topological polar surface area (TPSA) is 71.5 Å². The van der Waals surface area contributed by atoms with Gasteiger partial charge in [-0.05, 0) is 39.3 Å². The molecule has 5 N–H and O–H groups in total. The first-order valence-electron chi connectivity index (χ1n) is 6.23. The number of hydrogen-bond acceptors (Lipinski definition) is 2. The Balaban J connectivity index is -0.000000845.